The molecule has 4 heteroatoms. The van der Waals surface area contributed by atoms with Gasteiger partial charge < -0.3 is 14.6 Å². The van der Waals surface area contributed by atoms with Crippen LogP contribution in [-0.2, 0) is 12.8 Å². The van der Waals surface area contributed by atoms with Crippen molar-refractivity contribution in [1.29, 1.82) is 0 Å². The van der Waals surface area contributed by atoms with Crippen molar-refractivity contribution in [2.45, 2.75) is 19.8 Å². The van der Waals surface area contributed by atoms with E-state index >= 15 is 0 Å². The number of halogens is 1. The van der Waals surface area contributed by atoms with Gasteiger partial charge in [0.2, 0.25) is 0 Å². The van der Waals surface area contributed by atoms with Crippen LogP contribution >= 0.6 is 11.6 Å². The van der Waals surface area contributed by atoms with Gasteiger partial charge in [0.05, 0.1) is 5.02 Å². The maximum Gasteiger partial charge on any atom is 0.180 e. The molecule has 0 bridgehead atoms. The van der Waals surface area contributed by atoms with Gasteiger partial charge in [-0.3, -0.25) is 0 Å². The average Bonchev–Trinajstić information content (AvgIpc) is 2.30. The van der Waals surface area contributed by atoms with Crippen molar-refractivity contribution >= 4 is 11.6 Å². The molecule has 2 rings (SSSR count). The molecule has 0 aromatic heterocycles. The first-order valence-electron chi connectivity index (χ1n) is 5.48. The fraction of sp³-hybridized carbons (Fsp3) is 0.500. The molecule has 0 radical (unpaired) electrons. The minimum atomic E-state index is 0.114. The minimum absolute atomic E-state index is 0.114. The molecule has 0 saturated carbocycles. The quantitative estimate of drug-likeness (QED) is 0.883. The molecule has 16 heavy (non-hydrogen) atoms. The van der Waals surface area contributed by atoms with Crippen LogP contribution in [0.1, 0.15) is 18.1 Å². The molecule has 0 atom stereocenters. The number of benzene rings is 1. The summed E-state index contributed by atoms with van der Waals surface area (Å²) in [7, 11) is 0. The fourth-order valence-corrected chi connectivity index (χ4v) is 2.27. The Morgan fingerprint density at radius 3 is 2.62 bits per heavy atom. The Morgan fingerprint density at radius 1 is 1.31 bits per heavy atom. The molecule has 0 spiro atoms. The molecule has 1 aliphatic rings. The van der Waals surface area contributed by atoms with Crippen LogP contribution < -0.4 is 9.47 Å². The Labute approximate surface area is 99.9 Å². The van der Waals surface area contributed by atoms with Crippen LogP contribution in [0, 0.1) is 0 Å². The summed E-state index contributed by atoms with van der Waals surface area (Å²) in [6.45, 7) is 3.26. The fourth-order valence-electron chi connectivity index (χ4n) is 2.00. The third kappa shape index (κ3) is 1.97. The van der Waals surface area contributed by atoms with Crippen molar-refractivity contribution < 1.29 is 14.6 Å². The predicted molar refractivity (Wildman–Crippen MR) is 62.6 cm³/mol. The highest BCUT2D eigenvalue weighted by molar-refractivity contribution is 6.32. The van der Waals surface area contributed by atoms with Gasteiger partial charge >= 0.3 is 0 Å². The normalized spacial score (nSPS) is 13.9. The number of hydrogen-bond donors (Lipinski definition) is 1. The van der Waals surface area contributed by atoms with Gasteiger partial charge in [-0.25, -0.2) is 0 Å². The lowest BCUT2D eigenvalue weighted by molar-refractivity contribution is 0.170. The van der Waals surface area contributed by atoms with Gasteiger partial charge in [0.1, 0.15) is 13.2 Å². The molecular formula is C12H15ClO3. The van der Waals surface area contributed by atoms with E-state index in [0.29, 0.717) is 30.4 Å². The third-order valence-electron chi connectivity index (χ3n) is 2.70. The monoisotopic (exact) mass is 242 g/mol. The zero-order valence-electron chi connectivity index (χ0n) is 9.25. The highest BCUT2D eigenvalue weighted by Crippen LogP contribution is 2.42. The number of ether oxygens (including phenoxy) is 2. The summed E-state index contributed by atoms with van der Waals surface area (Å²) < 4.78 is 11.1. The number of aliphatic hydroxyl groups is 1. The highest BCUT2D eigenvalue weighted by atomic mass is 35.5. The zero-order chi connectivity index (χ0) is 11.5. The van der Waals surface area contributed by atoms with E-state index in [9.17, 15) is 0 Å². The second-order valence-corrected chi connectivity index (χ2v) is 4.09. The Morgan fingerprint density at radius 2 is 2.00 bits per heavy atom. The van der Waals surface area contributed by atoms with Gasteiger partial charge in [0.15, 0.2) is 11.5 Å². The Balaban J connectivity index is 2.52. The molecule has 0 aliphatic carbocycles. The zero-order valence-corrected chi connectivity index (χ0v) is 10.0. The molecule has 0 amide bonds. The molecule has 0 fully saturated rings. The van der Waals surface area contributed by atoms with E-state index in [4.69, 9.17) is 26.2 Å². The molecule has 1 aromatic rings. The maximum atomic E-state index is 9.02. The van der Waals surface area contributed by atoms with E-state index in [1.165, 1.54) is 0 Å². The van der Waals surface area contributed by atoms with Crippen molar-refractivity contribution in [3.63, 3.8) is 0 Å². The van der Waals surface area contributed by atoms with Crippen LogP contribution in [0.5, 0.6) is 11.5 Å². The van der Waals surface area contributed by atoms with Gasteiger partial charge in [-0.15, -0.1) is 0 Å². The van der Waals surface area contributed by atoms with Crippen LogP contribution in [0.15, 0.2) is 6.07 Å². The second-order valence-electron chi connectivity index (χ2n) is 3.68. The summed E-state index contributed by atoms with van der Waals surface area (Å²) >= 11 is 6.13. The summed E-state index contributed by atoms with van der Waals surface area (Å²) in [5.74, 6) is 1.40. The van der Waals surface area contributed by atoms with E-state index in [2.05, 4.69) is 6.92 Å². The molecule has 1 aromatic carbocycles. The van der Waals surface area contributed by atoms with Crippen molar-refractivity contribution in [3.8, 4) is 11.5 Å². The van der Waals surface area contributed by atoms with Gasteiger partial charge in [-0.2, -0.15) is 0 Å². The van der Waals surface area contributed by atoms with Gasteiger partial charge in [0, 0.05) is 12.2 Å². The first-order chi connectivity index (χ1) is 7.77. The van der Waals surface area contributed by atoms with Crippen molar-refractivity contribution in [1.82, 2.24) is 0 Å². The smallest absolute Gasteiger partial charge is 0.180 e. The molecule has 0 saturated heterocycles. The molecular weight excluding hydrogens is 228 g/mol. The predicted octanol–water partition coefficient (Wildman–Crippen LogP) is 2.21. The molecule has 3 nitrogen and oxygen atoms in total. The second kappa shape index (κ2) is 4.93. The maximum absolute atomic E-state index is 9.02. The van der Waals surface area contributed by atoms with Crippen molar-refractivity contribution in [2.75, 3.05) is 19.8 Å². The van der Waals surface area contributed by atoms with Gasteiger partial charge in [-0.1, -0.05) is 18.5 Å². The SMILES string of the molecule is CCc1c(CCO)cc(Cl)c2c1OCCO2. The summed E-state index contributed by atoms with van der Waals surface area (Å²) in [6, 6.07) is 1.87. The largest absolute Gasteiger partial charge is 0.486 e. The van der Waals surface area contributed by atoms with Gasteiger partial charge in [0.25, 0.3) is 0 Å². The van der Waals surface area contributed by atoms with Crippen LogP contribution in [0.4, 0.5) is 0 Å². The Bertz CT molecular complexity index is 390. The standard InChI is InChI=1S/C12H15ClO3/c1-2-9-8(3-4-14)7-10(13)12-11(9)15-5-6-16-12/h7,14H,2-6H2,1H3. The lowest BCUT2D eigenvalue weighted by Crippen LogP contribution is -2.18. The Kier molecular flexibility index (Phi) is 3.56. The van der Waals surface area contributed by atoms with Crippen molar-refractivity contribution in [3.05, 3.63) is 22.2 Å². The number of rotatable bonds is 3. The summed E-state index contributed by atoms with van der Waals surface area (Å²) in [6.07, 6.45) is 1.44. The number of aliphatic hydroxyl groups excluding tert-OH is 1. The summed E-state index contributed by atoms with van der Waals surface area (Å²) in [4.78, 5) is 0. The third-order valence-corrected chi connectivity index (χ3v) is 2.98. The van der Waals surface area contributed by atoms with E-state index in [-0.39, 0.29) is 6.61 Å². The summed E-state index contributed by atoms with van der Waals surface area (Å²) in [5.41, 5.74) is 2.13. The first-order valence-corrected chi connectivity index (χ1v) is 5.86. The van der Waals surface area contributed by atoms with E-state index in [1.807, 2.05) is 6.07 Å². The van der Waals surface area contributed by atoms with E-state index in [1.54, 1.807) is 0 Å². The molecule has 0 unspecified atom stereocenters. The molecule has 1 N–H and O–H groups in total. The van der Waals surface area contributed by atoms with Crippen LogP contribution in [0.3, 0.4) is 0 Å². The molecule has 1 aliphatic heterocycles. The van der Waals surface area contributed by atoms with Gasteiger partial charge in [-0.05, 0) is 24.5 Å². The van der Waals surface area contributed by atoms with E-state index < -0.39 is 0 Å². The molecule has 88 valence electrons. The van der Waals surface area contributed by atoms with Crippen LogP contribution in [0.2, 0.25) is 5.02 Å². The van der Waals surface area contributed by atoms with Crippen LogP contribution in [0.25, 0.3) is 0 Å². The highest BCUT2D eigenvalue weighted by Gasteiger charge is 2.21. The molecule has 1 heterocycles. The lowest BCUT2D eigenvalue weighted by Gasteiger charge is -2.23. The number of hydrogen-bond acceptors (Lipinski definition) is 3. The van der Waals surface area contributed by atoms with Crippen LogP contribution in [-0.4, -0.2) is 24.9 Å². The number of fused-ring (bicyclic) bond motifs is 1. The summed E-state index contributed by atoms with van der Waals surface area (Å²) in [5, 5.41) is 9.58. The Hall–Kier alpha value is -0.930. The van der Waals surface area contributed by atoms with Crippen molar-refractivity contribution in [2.24, 2.45) is 0 Å². The minimum Gasteiger partial charge on any atom is -0.486 e. The lowest BCUT2D eigenvalue weighted by atomic mass is 10.0. The average molecular weight is 243 g/mol. The first kappa shape index (κ1) is 11.6. The van der Waals surface area contributed by atoms with E-state index in [0.717, 1.165) is 23.3 Å². The topological polar surface area (TPSA) is 38.7 Å².